The molecule has 18 heavy (non-hydrogen) atoms. The van der Waals surface area contributed by atoms with Crippen LogP contribution in [0, 0.1) is 5.92 Å². The number of phenolic OH excluding ortho intramolecular Hbond substituents is 1. The molecule has 1 aromatic rings. The molecule has 100 valence electrons. The van der Waals surface area contributed by atoms with E-state index < -0.39 is 0 Å². The molecule has 0 spiro atoms. The summed E-state index contributed by atoms with van der Waals surface area (Å²) < 4.78 is 1.09. The molecular formula is C15H22BrNO. The van der Waals surface area contributed by atoms with E-state index in [4.69, 9.17) is 0 Å². The Kier molecular flexibility index (Phi) is 5.07. The number of halogens is 1. The van der Waals surface area contributed by atoms with E-state index in [1.165, 1.54) is 44.3 Å². The van der Waals surface area contributed by atoms with E-state index in [-0.39, 0.29) is 0 Å². The van der Waals surface area contributed by atoms with Crippen molar-refractivity contribution in [2.24, 2.45) is 5.92 Å². The van der Waals surface area contributed by atoms with Crippen LogP contribution < -0.4 is 0 Å². The number of phenols is 1. The summed E-state index contributed by atoms with van der Waals surface area (Å²) in [6, 6.07) is 5.51. The van der Waals surface area contributed by atoms with E-state index >= 15 is 0 Å². The fraction of sp³-hybridized carbons (Fsp3) is 0.600. The normalized spacial score (nSPS) is 18.1. The molecular weight excluding hydrogens is 290 g/mol. The van der Waals surface area contributed by atoms with E-state index in [9.17, 15) is 5.11 Å². The lowest BCUT2D eigenvalue weighted by atomic mass is 9.92. The Morgan fingerprint density at radius 3 is 2.72 bits per heavy atom. The number of likely N-dealkylation sites (tertiary alicyclic amines) is 1. The molecule has 0 atom stereocenters. The van der Waals surface area contributed by atoms with E-state index in [0.29, 0.717) is 5.75 Å². The van der Waals surface area contributed by atoms with Gasteiger partial charge in [0.05, 0.1) is 0 Å². The SMILES string of the molecule is CCCC1CCN(Cc2cc(O)ccc2Br)CC1. The lowest BCUT2D eigenvalue weighted by Crippen LogP contribution is -2.33. The molecule has 1 aromatic carbocycles. The van der Waals surface area contributed by atoms with Crippen LogP contribution in [-0.2, 0) is 6.54 Å². The zero-order chi connectivity index (χ0) is 13.0. The molecule has 1 aliphatic heterocycles. The minimum absolute atomic E-state index is 0.356. The Morgan fingerprint density at radius 2 is 2.06 bits per heavy atom. The molecule has 2 rings (SSSR count). The first-order valence-electron chi connectivity index (χ1n) is 6.88. The van der Waals surface area contributed by atoms with E-state index in [1.807, 2.05) is 12.1 Å². The summed E-state index contributed by atoms with van der Waals surface area (Å²) in [7, 11) is 0. The molecule has 1 N–H and O–H groups in total. The fourth-order valence-electron chi connectivity index (χ4n) is 2.76. The van der Waals surface area contributed by atoms with Crippen LogP contribution in [-0.4, -0.2) is 23.1 Å². The first-order valence-corrected chi connectivity index (χ1v) is 7.68. The van der Waals surface area contributed by atoms with Crippen LogP contribution in [0.1, 0.15) is 38.2 Å². The van der Waals surface area contributed by atoms with Gasteiger partial charge in [0.15, 0.2) is 0 Å². The monoisotopic (exact) mass is 311 g/mol. The predicted molar refractivity (Wildman–Crippen MR) is 78.7 cm³/mol. The van der Waals surface area contributed by atoms with Crippen molar-refractivity contribution in [3.05, 3.63) is 28.2 Å². The molecule has 0 aromatic heterocycles. The minimum atomic E-state index is 0.356. The lowest BCUT2D eigenvalue weighted by molar-refractivity contribution is 0.171. The maximum absolute atomic E-state index is 9.54. The second kappa shape index (κ2) is 6.58. The largest absolute Gasteiger partial charge is 0.508 e. The molecule has 0 unspecified atom stereocenters. The first kappa shape index (κ1) is 13.9. The highest BCUT2D eigenvalue weighted by atomic mass is 79.9. The molecule has 0 aliphatic carbocycles. The van der Waals surface area contributed by atoms with Gasteiger partial charge in [-0.15, -0.1) is 0 Å². The molecule has 1 saturated heterocycles. The van der Waals surface area contributed by atoms with Crippen LogP contribution in [0.15, 0.2) is 22.7 Å². The van der Waals surface area contributed by atoms with Crippen molar-refractivity contribution in [3.8, 4) is 5.75 Å². The van der Waals surface area contributed by atoms with Gasteiger partial charge in [-0.1, -0.05) is 35.7 Å². The summed E-state index contributed by atoms with van der Waals surface area (Å²) in [5, 5.41) is 9.54. The van der Waals surface area contributed by atoms with Crippen LogP contribution in [0.4, 0.5) is 0 Å². The van der Waals surface area contributed by atoms with Crippen LogP contribution in [0.5, 0.6) is 5.75 Å². The van der Waals surface area contributed by atoms with Gasteiger partial charge in [-0.3, -0.25) is 4.90 Å². The molecule has 1 heterocycles. The Labute approximate surface area is 118 Å². The molecule has 1 aliphatic rings. The predicted octanol–water partition coefficient (Wildman–Crippen LogP) is 4.17. The van der Waals surface area contributed by atoms with E-state index in [1.54, 1.807) is 6.07 Å². The van der Waals surface area contributed by atoms with Crippen molar-refractivity contribution in [1.29, 1.82) is 0 Å². The quantitative estimate of drug-likeness (QED) is 0.902. The Bertz CT molecular complexity index is 386. The van der Waals surface area contributed by atoms with E-state index in [2.05, 4.69) is 27.8 Å². The second-order valence-corrected chi connectivity index (χ2v) is 6.14. The number of hydrogen-bond donors (Lipinski definition) is 1. The molecule has 0 radical (unpaired) electrons. The summed E-state index contributed by atoms with van der Waals surface area (Å²) >= 11 is 3.56. The molecule has 0 bridgehead atoms. The highest BCUT2D eigenvalue weighted by Crippen LogP contribution is 2.26. The summed E-state index contributed by atoms with van der Waals surface area (Å²) in [6.45, 7) is 5.59. The van der Waals surface area contributed by atoms with Crippen molar-refractivity contribution in [1.82, 2.24) is 4.90 Å². The standard InChI is InChI=1S/C15H22BrNO/c1-2-3-12-6-8-17(9-7-12)11-13-10-14(18)4-5-15(13)16/h4-5,10,12,18H,2-3,6-9,11H2,1H3. The van der Waals surface area contributed by atoms with Crippen molar-refractivity contribution < 1.29 is 5.11 Å². The third-order valence-electron chi connectivity index (χ3n) is 3.83. The van der Waals surface area contributed by atoms with Gasteiger partial charge in [-0.25, -0.2) is 0 Å². The number of piperidine rings is 1. The topological polar surface area (TPSA) is 23.5 Å². The second-order valence-electron chi connectivity index (χ2n) is 5.28. The number of nitrogens with zero attached hydrogens (tertiary/aromatic N) is 1. The van der Waals surface area contributed by atoms with Crippen LogP contribution in [0.2, 0.25) is 0 Å². The van der Waals surface area contributed by atoms with Crippen LogP contribution in [0.25, 0.3) is 0 Å². The molecule has 2 nitrogen and oxygen atoms in total. The number of aromatic hydroxyl groups is 1. The summed E-state index contributed by atoms with van der Waals surface area (Å²) in [4.78, 5) is 2.49. The Morgan fingerprint density at radius 1 is 1.33 bits per heavy atom. The van der Waals surface area contributed by atoms with Crippen LogP contribution in [0.3, 0.4) is 0 Å². The minimum Gasteiger partial charge on any atom is -0.508 e. The number of hydrogen-bond acceptors (Lipinski definition) is 2. The van der Waals surface area contributed by atoms with Crippen molar-refractivity contribution >= 4 is 15.9 Å². The maximum atomic E-state index is 9.54. The van der Waals surface area contributed by atoms with Gasteiger partial charge in [0, 0.05) is 11.0 Å². The van der Waals surface area contributed by atoms with Crippen molar-refractivity contribution in [2.45, 2.75) is 39.2 Å². The van der Waals surface area contributed by atoms with Gasteiger partial charge >= 0.3 is 0 Å². The smallest absolute Gasteiger partial charge is 0.115 e. The fourth-order valence-corrected chi connectivity index (χ4v) is 3.14. The number of benzene rings is 1. The van der Waals surface area contributed by atoms with Crippen molar-refractivity contribution in [3.63, 3.8) is 0 Å². The number of rotatable bonds is 4. The molecule has 1 fully saturated rings. The molecule has 0 saturated carbocycles. The third-order valence-corrected chi connectivity index (χ3v) is 4.60. The van der Waals surface area contributed by atoms with Gasteiger partial charge in [0.1, 0.15) is 5.75 Å². The van der Waals surface area contributed by atoms with Gasteiger partial charge in [-0.2, -0.15) is 0 Å². The zero-order valence-electron chi connectivity index (χ0n) is 11.0. The maximum Gasteiger partial charge on any atom is 0.115 e. The summed E-state index contributed by atoms with van der Waals surface area (Å²) in [5.41, 5.74) is 1.18. The average Bonchev–Trinajstić information content (AvgIpc) is 2.37. The zero-order valence-corrected chi connectivity index (χ0v) is 12.6. The molecule has 0 amide bonds. The highest BCUT2D eigenvalue weighted by Gasteiger charge is 2.19. The Balaban J connectivity index is 1.89. The average molecular weight is 312 g/mol. The Hall–Kier alpha value is -0.540. The summed E-state index contributed by atoms with van der Waals surface area (Å²) in [5.74, 6) is 1.29. The van der Waals surface area contributed by atoms with Gasteiger partial charge < -0.3 is 5.11 Å². The first-order chi connectivity index (χ1) is 8.69. The lowest BCUT2D eigenvalue weighted by Gasteiger charge is -2.32. The van der Waals surface area contributed by atoms with Gasteiger partial charge in [0.25, 0.3) is 0 Å². The van der Waals surface area contributed by atoms with Crippen molar-refractivity contribution in [2.75, 3.05) is 13.1 Å². The summed E-state index contributed by atoms with van der Waals surface area (Å²) in [6.07, 6.45) is 5.33. The van der Waals surface area contributed by atoms with Gasteiger partial charge in [0.2, 0.25) is 0 Å². The molecule has 3 heteroatoms. The highest BCUT2D eigenvalue weighted by molar-refractivity contribution is 9.10. The van der Waals surface area contributed by atoms with Gasteiger partial charge in [-0.05, 0) is 55.6 Å². The van der Waals surface area contributed by atoms with Crippen LogP contribution >= 0.6 is 15.9 Å². The van der Waals surface area contributed by atoms with E-state index in [0.717, 1.165) is 16.9 Å². The third kappa shape index (κ3) is 3.72.